The van der Waals surface area contributed by atoms with Crippen LogP contribution in [0.3, 0.4) is 0 Å². The fourth-order valence-electron chi connectivity index (χ4n) is 3.58. The van der Waals surface area contributed by atoms with Gasteiger partial charge in [0.2, 0.25) is 0 Å². The summed E-state index contributed by atoms with van der Waals surface area (Å²) in [6.45, 7) is -1.42. The number of nitrogens with zero attached hydrogens (tertiary/aromatic N) is 7. The Morgan fingerprint density at radius 1 is 1.03 bits per heavy atom. The molecule has 0 aliphatic heterocycles. The molecule has 0 spiro atoms. The first kappa shape index (κ1) is 26.1. The van der Waals surface area contributed by atoms with E-state index in [9.17, 15) is 21.6 Å². The van der Waals surface area contributed by atoms with Gasteiger partial charge in [-0.2, -0.15) is 13.9 Å². The Morgan fingerprint density at radius 2 is 1.68 bits per heavy atom. The second-order valence-electron chi connectivity index (χ2n) is 7.88. The summed E-state index contributed by atoms with van der Waals surface area (Å²) in [6, 6.07) is 6.21. The van der Waals surface area contributed by atoms with Gasteiger partial charge in [0.25, 0.3) is 0 Å². The molecule has 0 fully saturated rings. The molecule has 3 heterocycles. The van der Waals surface area contributed by atoms with Crippen molar-refractivity contribution in [3.05, 3.63) is 60.3 Å². The lowest BCUT2D eigenvalue weighted by Gasteiger charge is -2.18. The van der Waals surface area contributed by atoms with E-state index in [0.717, 1.165) is 18.6 Å². The Hall–Kier alpha value is -4.01. The number of ether oxygens (including phenoxy) is 2. The molecule has 3 aromatic heterocycles. The zero-order valence-electron chi connectivity index (χ0n) is 19.9. The number of hydrogen-bond donors (Lipinski definition) is 0. The molecule has 4 aromatic rings. The molecule has 0 N–H and O–H groups in total. The van der Waals surface area contributed by atoms with E-state index in [-0.39, 0.29) is 35.3 Å². The summed E-state index contributed by atoms with van der Waals surface area (Å²) in [5, 5.41) is 11.0. The Morgan fingerprint density at radius 3 is 2.24 bits per heavy atom. The van der Waals surface area contributed by atoms with Gasteiger partial charge < -0.3 is 9.47 Å². The van der Waals surface area contributed by atoms with Gasteiger partial charge in [0.1, 0.15) is 34.5 Å². The molecule has 1 atom stereocenters. The van der Waals surface area contributed by atoms with Gasteiger partial charge in [-0.3, -0.25) is 4.57 Å². The molecule has 11 nitrogen and oxygen atoms in total. The number of rotatable bonds is 10. The molecule has 37 heavy (non-hydrogen) atoms. The number of halogens is 3. The molecule has 196 valence electrons. The summed E-state index contributed by atoms with van der Waals surface area (Å²) < 4.78 is 78.9. The van der Waals surface area contributed by atoms with Crippen molar-refractivity contribution in [2.24, 2.45) is 0 Å². The van der Waals surface area contributed by atoms with Crippen LogP contribution >= 0.6 is 0 Å². The third-order valence-electron chi connectivity index (χ3n) is 5.48. The van der Waals surface area contributed by atoms with Crippen molar-refractivity contribution in [1.82, 2.24) is 34.5 Å². The molecule has 0 aliphatic rings. The van der Waals surface area contributed by atoms with Gasteiger partial charge in [-0.25, -0.2) is 27.5 Å². The maximum atomic E-state index is 13.3. The van der Waals surface area contributed by atoms with Crippen LogP contribution in [0.1, 0.15) is 25.1 Å². The zero-order valence-corrected chi connectivity index (χ0v) is 20.7. The van der Waals surface area contributed by atoms with Crippen LogP contribution in [0, 0.1) is 5.82 Å². The number of benzene rings is 1. The monoisotopic (exact) mass is 537 g/mol. The van der Waals surface area contributed by atoms with Gasteiger partial charge in [-0.1, -0.05) is 6.07 Å². The van der Waals surface area contributed by atoms with Crippen molar-refractivity contribution in [2.45, 2.75) is 30.9 Å². The predicted octanol–water partition coefficient (Wildman–Crippen LogP) is 3.02. The first-order valence-electron chi connectivity index (χ1n) is 10.8. The minimum absolute atomic E-state index is 0.00178. The van der Waals surface area contributed by atoms with E-state index in [4.69, 9.17) is 9.47 Å². The van der Waals surface area contributed by atoms with Gasteiger partial charge in [-0.15, -0.1) is 10.2 Å². The first-order chi connectivity index (χ1) is 17.6. The SMILES string of the molecule is COc1cccc(OC)c1-n1c(CS(=O)(=O)[C@H](C)Cc2ncc(F)cn2)nnc1-c1ccn(C(F)F)n1. The smallest absolute Gasteiger partial charge is 0.333 e. The summed E-state index contributed by atoms with van der Waals surface area (Å²) in [4.78, 5) is 7.64. The van der Waals surface area contributed by atoms with Crippen molar-refractivity contribution in [3.63, 3.8) is 0 Å². The summed E-state index contributed by atoms with van der Waals surface area (Å²) in [5.74, 6) is -0.513. The average molecular weight is 538 g/mol. The van der Waals surface area contributed by atoms with Gasteiger partial charge in [0.15, 0.2) is 27.3 Å². The minimum Gasteiger partial charge on any atom is -0.494 e. The zero-order chi connectivity index (χ0) is 26.7. The van der Waals surface area contributed by atoms with E-state index in [1.54, 1.807) is 18.2 Å². The van der Waals surface area contributed by atoms with Crippen molar-refractivity contribution in [3.8, 4) is 28.7 Å². The molecule has 0 radical (unpaired) electrons. The van der Waals surface area contributed by atoms with Crippen molar-refractivity contribution >= 4 is 9.84 Å². The number of hydrogen-bond acceptors (Lipinski definition) is 9. The second kappa shape index (κ2) is 10.5. The standard InChI is InChI=1S/C22H22F3N7O4S/c1-13(9-18-26-10-14(23)11-27-18)37(33,34)12-19-28-29-21(15-7-8-31(30-15)22(24)25)32(19)20-16(35-2)5-4-6-17(20)36-3/h4-8,10-11,13,22H,9,12H2,1-3H3/t13-/m1/s1. The van der Waals surface area contributed by atoms with E-state index < -0.39 is 33.2 Å². The number of alkyl halides is 2. The van der Waals surface area contributed by atoms with Crippen LogP contribution in [0.5, 0.6) is 11.5 Å². The van der Waals surface area contributed by atoms with Gasteiger partial charge >= 0.3 is 6.55 Å². The van der Waals surface area contributed by atoms with Crippen molar-refractivity contribution in [2.75, 3.05) is 14.2 Å². The Balaban J connectivity index is 1.80. The number of methoxy groups -OCH3 is 2. The highest BCUT2D eigenvalue weighted by Crippen LogP contribution is 2.36. The number of para-hydroxylation sites is 1. The molecule has 15 heteroatoms. The first-order valence-corrected chi connectivity index (χ1v) is 12.5. The van der Waals surface area contributed by atoms with Crippen molar-refractivity contribution < 1.29 is 31.1 Å². The molecule has 1 aromatic carbocycles. The summed E-state index contributed by atoms with van der Waals surface area (Å²) in [5.41, 5.74) is 0.288. The van der Waals surface area contributed by atoms with Crippen molar-refractivity contribution in [1.29, 1.82) is 0 Å². The minimum atomic E-state index is -3.89. The van der Waals surface area contributed by atoms with E-state index in [2.05, 4.69) is 25.3 Å². The molecule has 0 unspecified atom stereocenters. The third-order valence-corrected chi connectivity index (χ3v) is 7.53. The van der Waals surface area contributed by atoms with Crippen LogP contribution in [0.2, 0.25) is 0 Å². The summed E-state index contributed by atoms with van der Waals surface area (Å²) in [6.07, 6.45) is 2.91. The Labute approximate surface area is 209 Å². The van der Waals surface area contributed by atoms with Crippen LogP contribution in [0.4, 0.5) is 13.2 Å². The molecular weight excluding hydrogens is 515 g/mol. The predicted molar refractivity (Wildman–Crippen MR) is 125 cm³/mol. The highest BCUT2D eigenvalue weighted by Gasteiger charge is 2.30. The summed E-state index contributed by atoms with van der Waals surface area (Å²) >= 11 is 0. The van der Waals surface area contributed by atoms with Crippen LogP contribution in [0.25, 0.3) is 17.2 Å². The average Bonchev–Trinajstić information content (AvgIpc) is 3.52. The fourth-order valence-corrected chi connectivity index (χ4v) is 4.81. The van der Waals surface area contributed by atoms with E-state index in [0.29, 0.717) is 16.2 Å². The highest BCUT2D eigenvalue weighted by atomic mass is 32.2. The number of sulfone groups is 1. The largest absolute Gasteiger partial charge is 0.494 e. The van der Waals surface area contributed by atoms with Crippen LogP contribution in [0.15, 0.2) is 42.9 Å². The maximum Gasteiger partial charge on any atom is 0.333 e. The molecule has 0 amide bonds. The lowest BCUT2D eigenvalue weighted by atomic mass is 10.2. The molecule has 0 saturated heterocycles. The molecular formula is C22H22F3N7O4S. The van der Waals surface area contributed by atoms with Crippen LogP contribution in [-0.2, 0) is 22.0 Å². The molecule has 0 bridgehead atoms. The van der Waals surface area contributed by atoms with Crippen LogP contribution < -0.4 is 9.47 Å². The van der Waals surface area contributed by atoms with Gasteiger partial charge in [0, 0.05) is 12.6 Å². The van der Waals surface area contributed by atoms with E-state index >= 15 is 0 Å². The number of aromatic nitrogens is 7. The fraction of sp³-hybridized carbons (Fsp3) is 0.318. The lowest BCUT2D eigenvalue weighted by Crippen LogP contribution is -2.24. The van der Waals surface area contributed by atoms with Gasteiger partial charge in [0.05, 0.1) is 31.9 Å². The maximum absolute atomic E-state index is 13.3. The third kappa shape index (κ3) is 5.40. The summed E-state index contributed by atoms with van der Waals surface area (Å²) in [7, 11) is -1.07. The topological polar surface area (TPSA) is 127 Å². The van der Waals surface area contributed by atoms with Gasteiger partial charge in [-0.05, 0) is 25.1 Å². The van der Waals surface area contributed by atoms with E-state index in [1.165, 1.54) is 31.8 Å². The molecule has 0 saturated carbocycles. The Bertz CT molecular complexity index is 1470. The normalized spacial score (nSPS) is 12.6. The molecule has 0 aliphatic carbocycles. The Kier molecular flexibility index (Phi) is 7.42. The quantitative estimate of drug-likeness (QED) is 0.300. The van der Waals surface area contributed by atoms with E-state index in [1.807, 2.05) is 0 Å². The second-order valence-corrected chi connectivity index (χ2v) is 10.3. The molecule has 4 rings (SSSR count). The lowest BCUT2D eigenvalue weighted by molar-refractivity contribution is 0.0568. The highest BCUT2D eigenvalue weighted by molar-refractivity contribution is 7.91. The van der Waals surface area contributed by atoms with Crippen LogP contribution in [-0.4, -0.2) is 62.4 Å².